The van der Waals surface area contributed by atoms with E-state index in [1.54, 1.807) is 0 Å². The van der Waals surface area contributed by atoms with E-state index in [1.807, 2.05) is 0 Å². The van der Waals surface area contributed by atoms with Gasteiger partial charge in [0.05, 0.1) is 13.2 Å². The van der Waals surface area contributed by atoms with Crippen LogP contribution in [0.1, 0.15) is 52.4 Å². The molecule has 0 aromatic carbocycles. The molecule has 1 radical (unpaired) electrons. The van der Waals surface area contributed by atoms with Gasteiger partial charge in [-0.3, -0.25) is 4.57 Å². The van der Waals surface area contributed by atoms with Gasteiger partial charge in [-0.25, -0.2) is 0 Å². The van der Waals surface area contributed by atoms with Crippen molar-refractivity contribution in [1.29, 1.82) is 0 Å². The van der Waals surface area contributed by atoms with E-state index in [4.69, 9.17) is 9.47 Å². The fourth-order valence-corrected chi connectivity index (χ4v) is 1.80. The Kier molecular flexibility index (Phi) is 10.2. The highest BCUT2D eigenvalue weighted by atomic mass is 31.1. The Labute approximate surface area is 101 Å². The molecule has 0 N–H and O–H groups in total. The van der Waals surface area contributed by atoms with E-state index in [0.29, 0.717) is 26.1 Å². The van der Waals surface area contributed by atoms with E-state index in [2.05, 4.69) is 20.8 Å². The first-order chi connectivity index (χ1) is 7.74. The van der Waals surface area contributed by atoms with Crippen LogP contribution in [0.4, 0.5) is 0 Å². The standard InChI is InChI=1S/C12H24O3P/c1-4-7-10-14-12(16-13,9-6-3)15-11-8-5-2/h3-11H2,1-2H3. The third kappa shape index (κ3) is 6.57. The van der Waals surface area contributed by atoms with Crippen molar-refractivity contribution < 1.29 is 14.0 Å². The molecule has 0 heterocycles. The Bertz CT molecular complexity index is 164. The molecule has 0 aromatic heterocycles. The minimum Gasteiger partial charge on any atom is -0.340 e. The molecule has 0 aliphatic heterocycles. The van der Waals surface area contributed by atoms with E-state index in [0.717, 1.165) is 25.7 Å². The summed E-state index contributed by atoms with van der Waals surface area (Å²) in [6, 6.07) is 0. The third-order valence-corrected chi connectivity index (χ3v) is 3.04. The van der Waals surface area contributed by atoms with Crippen LogP contribution >= 0.6 is 8.46 Å². The molecule has 0 saturated heterocycles. The predicted octanol–water partition coefficient (Wildman–Crippen LogP) is 4.18. The van der Waals surface area contributed by atoms with Gasteiger partial charge in [0, 0.05) is 6.42 Å². The van der Waals surface area contributed by atoms with Crippen LogP contribution in [0.15, 0.2) is 0 Å². The zero-order valence-corrected chi connectivity index (χ0v) is 11.4. The van der Waals surface area contributed by atoms with Gasteiger partial charge in [-0.15, -0.1) is 0 Å². The second-order valence-electron chi connectivity index (χ2n) is 3.81. The largest absolute Gasteiger partial charge is 0.340 e. The van der Waals surface area contributed by atoms with E-state index in [9.17, 15) is 4.57 Å². The molecule has 0 bridgehead atoms. The fraction of sp³-hybridized carbons (Fsp3) is 0.917. The van der Waals surface area contributed by atoms with Crippen LogP contribution in [0.25, 0.3) is 0 Å². The van der Waals surface area contributed by atoms with Crippen molar-refractivity contribution in [2.24, 2.45) is 0 Å². The smallest absolute Gasteiger partial charge is 0.251 e. The van der Waals surface area contributed by atoms with Crippen LogP contribution in [0.5, 0.6) is 0 Å². The SMILES string of the molecule is [CH2]CCC(OCCCC)(OCCCC)P=O. The van der Waals surface area contributed by atoms with Crippen LogP contribution in [-0.4, -0.2) is 18.7 Å². The first-order valence-electron chi connectivity index (χ1n) is 6.16. The average Bonchev–Trinajstić information content (AvgIpc) is 2.29. The van der Waals surface area contributed by atoms with Crippen molar-refractivity contribution >= 4 is 8.46 Å². The van der Waals surface area contributed by atoms with Crippen molar-refractivity contribution in [1.82, 2.24) is 0 Å². The number of unbranched alkanes of at least 4 members (excludes halogenated alkanes) is 2. The summed E-state index contributed by atoms with van der Waals surface area (Å²) in [6.45, 7) is 9.15. The summed E-state index contributed by atoms with van der Waals surface area (Å²) in [5.74, 6) is 0. The Morgan fingerprint density at radius 2 is 1.62 bits per heavy atom. The number of rotatable bonds is 11. The molecule has 0 aromatic rings. The highest BCUT2D eigenvalue weighted by Crippen LogP contribution is 2.32. The Balaban J connectivity index is 4.14. The summed E-state index contributed by atoms with van der Waals surface area (Å²) in [5.41, 5.74) is -0.952. The van der Waals surface area contributed by atoms with Crippen LogP contribution < -0.4 is 0 Å². The monoisotopic (exact) mass is 247 g/mol. The van der Waals surface area contributed by atoms with Gasteiger partial charge < -0.3 is 9.47 Å². The van der Waals surface area contributed by atoms with Gasteiger partial charge in [0.15, 0.2) is 0 Å². The van der Waals surface area contributed by atoms with Crippen molar-refractivity contribution in [3.63, 3.8) is 0 Å². The minimum absolute atomic E-state index is 0.0888. The lowest BCUT2D eigenvalue weighted by Crippen LogP contribution is -2.30. The summed E-state index contributed by atoms with van der Waals surface area (Å²) >= 11 is 0. The van der Waals surface area contributed by atoms with Gasteiger partial charge in [0.1, 0.15) is 0 Å². The van der Waals surface area contributed by atoms with Crippen LogP contribution in [0.2, 0.25) is 0 Å². The summed E-state index contributed by atoms with van der Waals surface area (Å²) < 4.78 is 22.5. The van der Waals surface area contributed by atoms with Gasteiger partial charge in [0.25, 0.3) is 5.53 Å². The highest BCUT2D eigenvalue weighted by molar-refractivity contribution is 7.25. The highest BCUT2D eigenvalue weighted by Gasteiger charge is 2.32. The van der Waals surface area contributed by atoms with E-state index >= 15 is 0 Å². The molecular formula is C12H24O3P. The molecule has 0 aliphatic carbocycles. The zero-order valence-electron chi connectivity index (χ0n) is 10.5. The lowest BCUT2D eigenvalue weighted by molar-refractivity contribution is -0.179. The molecule has 0 unspecified atom stereocenters. The van der Waals surface area contributed by atoms with Crippen molar-refractivity contribution in [3.05, 3.63) is 6.92 Å². The molecule has 0 atom stereocenters. The second-order valence-corrected chi connectivity index (χ2v) is 4.68. The summed E-state index contributed by atoms with van der Waals surface area (Å²) in [4.78, 5) is 0. The second kappa shape index (κ2) is 10.2. The van der Waals surface area contributed by atoms with Crippen molar-refractivity contribution in [2.75, 3.05) is 13.2 Å². The minimum atomic E-state index is -0.952. The number of hydrogen-bond acceptors (Lipinski definition) is 3. The molecule has 0 saturated carbocycles. The number of hydrogen-bond donors (Lipinski definition) is 0. The van der Waals surface area contributed by atoms with E-state index in [-0.39, 0.29) is 8.46 Å². The van der Waals surface area contributed by atoms with Crippen LogP contribution in [0.3, 0.4) is 0 Å². The van der Waals surface area contributed by atoms with Gasteiger partial charge in [-0.05, 0) is 19.3 Å². The molecule has 4 heteroatoms. The molecule has 95 valence electrons. The quantitative estimate of drug-likeness (QED) is 0.312. The molecular weight excluding hydrogens is 223 g/mol. The summed E-state index contributed by atoms with van der Waals surface area (Å²) in [6.07, 6.45) is 5.28. The first kappa shape index (κ1) is 16.0. The Morgan fingerprint density at radius 3 is 1.94 bits per heavy atom. The first-order valence-corrected chi connectivity index (χ1v) is 6.97. The Hall–Kier alpha value is 0.0200. The summed E-state index contributed by atoms with van der Waals surface area (Å²) in [7, 11) is -0.0888. The van der Waals surface area contributed by atoms with Gasteiger partial charge in [-0.2, -0.15) is 0 Å². The molecule has 3 nitrogen and oxygen atoms in total. The maximum atomic E-state index is 11.2. The normalized spacial score (nSPS) is 12.2. The topological polar surface area (TPSA) is 35.5 Å². The van der Waals surface area contributed by atoms with Crippen molar-refractivity contribution in [2.45, 2.75) is 57.9 Å². The zero-order chi connectivity index (χ0) is 12.3. The van der Waals surface area contributed by atoms with Gasteiger partial charge >= 0.3 is 0 Å². The molecule has 0 amide bonds. The van der Waals surface area contributed by atoms with Crippen LogP contribution in [-0.2, 0) is 14.0 Å². The fourth-order valence-electron chi connectivity index (χ4n) is 1.26. The molecule has 0 rings (SSSR count). The van der Waals surface area contributed by atoms with Crippen molar-refractivity contribution in [3.8, 4) is 0 Å². The average molecular weight is 247 g/mol. The molecule has 0 aliphatic rings. The van der Waals surface area contributed by atoms with Gasteiger partial charge in [0.2, 0.25) is 8.46 Å². The maximum Gasteiger partial charge on any atom is 0.251 e. The third-order valence-electron chi connectivity index (χ3n) is 2.28. The predicted molar refractivity (Wildman–Crippen MR) is 66.6 cm³/mol. The Morgan fingerprint density at radius 1 is 1.12 bits per heavy atom. The molecule has 0 spiro atoms. The van der Waals surface area contributed by atoms with E-state index in [1.165, 1.54) is 0 Å². The molecule has 0 fully saturated rings. The van der Waals surface area contributed by atoms with E-state index < -0.39 is 5.53 Å². The lowest BCUT2D eigenvalue weighted by atomic mass is 10.3. The lowest BCUT2D eigenvalue weighted by Gasteiger charge is -2.27. The molecule has 16 heavy (non-hydrogen) atoms. The van der Waals surface area contributed by atoms with Gasteiger partial charge in [-0.1, -0.05) is 33.6 Å². The maximum absolute atomic E-state index is 11.2. The van der Waals surface area contributed by atoms with Crippen LogP contribution in [0, 0.1) is 6.92 Å². The number of ether oxygens (including phenoxy) is 2. The summed E-state index contributed by atoms with van der Waals surface area (Å²) in [5, 5.41) is 0.